The standard InChI is InChI=1S/C64H125NO5/c1-3-5-7-9-11-13-15-17-19-20-21-23-26-29-32-36-40-44-48-52-56-62(67)61(60-66)65-63(68)57-53-49-45-41-37-33-30-27-24-22-25-28-31-35-39-43-47-51-55-59-70-64(69)58-54-50-46-42-38-34-18-16-14-12-10-8-6-4-2/h52,56,61-62,66-67H,3-51,53-55,57-60H2,1-2H3,(H,65,68)/b56-52+. The van der Waals surface area contributed by atoms with Crippen LogP contribution in [-0.4, -0.2) is 47.4 Å². The molecule has 0 spiro atoms. The van der Waals surface area contributed by atoms with Gasteiger partial charge in [-0.3, -0.25) is 9.59 Å². The van der Waals surface area contributed by atoms with Crippen molar-refractivity contribution < 1.29 is 24.5 Å². The summed E-state index contributed by atoms with van der Waals surface area (Å²) < 4.78 is 5.49. The lowest BCUT2D eigenvalue weighted by molar-refractivity contribution is -0.143. The first-order chi connectivity index (χ1) is 34.5. The highest BCUT2D eigenvalue weighted by molar-refractivity contribution is 5.76. The number of nitrogens with one attached hydrogen (secondary N) is 1. The van der Waals surface area contributed by atoms with Crippen LogP contribution in [0.5, 0.6) is 0 Å². The minimum atomic E-state index is -0.846. The van der Waals surface area contributed by atoms with Crippen molar-refractivity contribution in [2.45, 2.75) is 373 Å². The zero-order valence-corrected chi connectivity index (χ0v) is 47.5. The Morgan fingerprint density at radius 2 is 0.657 bits per heavy atom. The first kappa shape index (κ1) is 68.6. The fraction of sp³-hybridized carbons (Fsp3) is 0.938. The lowest BCUT2D eigenvalue weighted by Crippen LogP contribution is -2.45. The molecule has 2 atom stereocenters. The molecule has 0 aliphatic carbocycles. The summed E-state index contributed by atoms with van der Waals surface area (Å²) in [5.74, 6) is -0.0555. The van der Waals surface area contributed by atoms with Crippen molar-refractivity contribution >= 4 is 11.9 Å². The SMILES string of the molecule is CCCCCCCCCCCCCCCCCCCC/C=C/C(O)C(CO)NC(=O)CCCCCCCCCCCCCCCCCCCCCOC(=O)CCCCCCCCCCCCCCCC. The van der Waals surface area contributed by atoms with Gasteiger partial charge in [-0.1, -0.05) is 328 Å². The van der Waals surface area contributed by atoms with Gasteiger partial charge in [0.25, 0.3) is 0 Å². The average molecular weight is 989 g/mol. The Labute approximate surface area is 438 Å². The van der Waals surface area contributed by atoms with Crippen molar-refractivity contribution in [1.29, 1.82) is 0 Å². The molecule has 0 rings (SSSR count). The number of amides is 1. The second-order valence-corrected chi connectivity index (χ2v) is 22.1. The average Bonchev–Trinajstić information content (AvgIpc) is 3.36. The molecule has 0 aliphatic rings. The minimum Gasteiger partial charge on any atom is -0.466 e. The smallest absolute Gasteiger partial charge is 0.305 e. The van der Waals surface area contributed by atoms with E-state index in [0.29, 0.717) is 19.4 Å². The van der Waals surface area contributed by atoms with Crippen LogP contribution in [0.2, 0.25) is 0 Å². The third kappa shape index (κ3) is 55.9. The fourth-order valence-electron chi connectivity index (χ4n) is 10.2. The number of esters is 1. The van der Waals surface area contributed by atoms with Crippen LogP contribution in [0.1, 0.15) is 361 Å². The fourth-order valence-corrected chi connectivity index (χ4v) is 10.2. The second kappa shape index (κ2) is 60.2. The van der Waals surface area contributed by atoms with Crippen LogP contribution < -0.4 is 5.32 Å². The lowest BCUT2D eigenvalue weighted by Gasteiger charge is -2.20. The Balaban J connectivity index is 3.42. The first-order valence-electron chi connectivity index (χ1n) is 32.0. The summed E-state index contributed by atoms with van der Waals surface area (Å²) in [7, 11) is 0. The number of carbonyl (C=O) groups is 2. The highest BCUT2D eigenvalue weighted by Gasteiger charge is 2.18. The van der Waals surface area contributed by atoms with E-state index in [1.165, 1.54) is 295 Å². The molecule has 2 unspecified atom stereocenters. The maximum Gasteiger partial charge on any atom is 0.305 e. The molecule has 0 aromatic carbocycles. The van der Waals surface area contributed by atoms with E-state index in [1.54, 1.807) is 6.08 Å². The highest BCUT2D eigenvalue weighted by Crippen LogP contribution is 2.18. The molecule has 0 saturated heterocycles. The first-order valence-corrected chi connectivity index (χ1v) is 32.0. The molecular weight excluding hydrogens is 863 g/mol. The Hall–Kier alpha value is -1.40. The summed E-state index contributed by atoms with van der Waals surface area (Å²) in [6, 6.07) is -0.630. The molecular formula is C64H125NO5. The number of unbranched alkanes of at least 4 members (excludes halogenated alkanes) is 49. The van der Waals surface area contributed by atoms with Gasteiger partial charge in [-0.05, 0) is 32.1 Å². The quantitative estimate of drug-likeness (QED) is 0.0321. The molecule has 3 N–H and O–H groups in total. The zero-order valence-electron chi connectivity index (χ0n) is 47.5. The summed E-state index contributed by atoms with van der Waals surface area (Å²) in [6.07, 6.45) is 72.5. The number of aliphatic hydroxyl groups excluding tert-OH is 2. The van der Waals surface area contributed by atoms with Gasteiger partial charge in [0.2, 0.25) is 5.91 Å². The predicted molar refractivity (Wildman–Crippen MR) is 306 cm³/mol. The van der Waals surface area contributed by atoms with Crippen LogP contribution in [-0.2, 0) is 14.3 Å². The summed E-state index contributed by atoms with van der Waals surface area (Å²) >= 11 is 0. The molecule has 0 radical (unpaired) electrons. The predicted octanol–water partition coefficient (Wildman–Crippen LogP) is 20.0. The van der Waals surface area contributed by atoms with Gasteiger partial charge >= 0.3 is 5.97 Å². The third-order valence-electron chi connectivity index (χ3n) is 15.1. The van der Waals surface area contributed by atoms with Gasteiger partial charge in [0.1, 0.15) is 0 Å². The van der Waals surface area contributed by atoms with Crippen LogP contribution in [0, 0.1) is 0 Å². The lowest BCUT2D eigenvalue weighted by atomic mass is 10.0. The summed E-state index contributed by atoms with van der Waals surface area (Å²) in [4.78, 5) is 24.6. The van der Waals surface area contributed by atoms with Crippen LogP contribution >= 0.6 is 0 Å². The van der Waals surface area contributed by atoms with Gasteiger partial charge in [-0.2, -0.15) is 0 Å². The Kier molecular flexibility index (Phi) is 59.0. The van der Waals surface area contributed by atoms with Gasteiger partial charge < -0.3 is 20.3 Å². The summed E-state index contributed by atoms with van der Waals surface area (Å²) in [5.41, 5.74) is 0. The largest absolute Gasteiger partial charge is 0.466 e. The van der Waals surface area contributed by atoms with E-state index in [-0.39, 0.29) is 18.5 Å². The molecule has 1 amide bonds. The molecule has 0 saturated carbocycles. The molecule has 416 valence electrons. The van der Waals surface area contributed by atoms with Crippen molar-refractivity contribution in [2.24, 2.45) is 0 Å². The number of rotatable bonds is 60. The Morgan fingerprint density at radius 1 is 0.386 bits per heavy atom. The number of hydrogen-bond acceptors (Lipinski definition) is 5. The van der Waals surface area contributed by atoms with Crippen molar-refractivity contribution in [3.8, 4) is 0 Å². The number of aliphatic hydroxyl groups is 2. The van der Waals surface area contributed by atoms with E-state index in [4.69, 9.17) is 4.74 Å². The number of allylic oxidation sites excluding steroid dienone is 1. The van der Waals surface area contributed by atoms with Gasteiger partial charge in [-0.25, -0.2) is 0 Å². The minimum absolute atomic E-state index is 0.0115. The molecule has 0 heterocycles. The van der Waals surface area contributed by atoms with Crippen molar-refractivity contribution in [3.63, 3.8) is 0 Å². The normalized spacial score (nSPS) is 12.6. The van der Waals surface area contributed by atoms with Gasteiger partial charge in [0.05, 0.1) is 25.4 Å². The molecule has 0 fully saturated rings. The zero-order chi connectivity index (χ0) is 50.7. The van der Waals surface area contributed by atoms with Crippen molar-refractivity contribution in [2.75, 3.05) is 13.2 Å². The Bertz CT molecular complexity index is 1050. The molecule has 0 bridgehead atoms. The summed E-state index contributed by atoms with van der Waals surface area (Å²) in [5, 5.41) is 23.2. The maximum atomic E-state index is 12.5. The van der Waals surface area contributed by atoms with Crippen molar-refractivity contribution in [3.05, 3.63) is 12.2 Å². The van der Waals surface area contributed by atoms with E-state index in [2.05, 4.69) is 19.2 Å². The van der Waals surface area contributed by atoms with Gasteiger partial charge in [0, 0.05) is 12.8 Å². The van der Waals surface area contributed by atoms with Crippen LogP contribution in [0.15, 0.2) is 12.2 Å². The number of hydrogen-bond donors (Lipinski definition) is 3. The second-order valence-electron chi connectivity index (χ2n) is 22.1. The maximum absolute atomic E-state index is 12.5. The molecule has 70 heavy (non-hydrogen) atoms. The number of carbonyl (C=O) groups excluding carboxylic acids is 2. The third-order valence-corrected chi connectivity index (χ3v) is 15.1. The highest BCUT2D eigenvalue weighted by atomic mass is 16.5. The molecule has 0 aliphatic heterocycles. The number of ether oxygens (including phenoxy) is 1. The molecule has 6 nitrogen and oxygen atoms in total. The topological polar surface area (TPSA) is 95.9 Å². The van der Waals surface area contributed by atoms with Gasteiger partial charge in [0.15, 0.2) is 0 Å². The van der Waals surface area contributed by atoms with E-state index in [9.17, 15) is 19.8 Å². The summed E-state index contributed by atoms with van der Waals surface area (Å²) in [6.45, 7) is 4.93. The van der Waals surface area contributed by atoms with Crippen LogP contribution in [0.3, 0.4) is 0 Å². The van der Waals surface area contributed by atoms with E-state index in [1.807, 2.05) is 6.08 Å². The monoisotopic (exact) mass is 988 g/mol. The van der Waals surface area contributed by atoms with Crippen LogP contribution in [0.4, 0.5) is 0 Å². The molecule has 0 aromatic rings. The van der Waals surface area contributed by atoms with Crippen molar-refractivity contribution in [1.82, 2.24) is 5.32 Å². The van der Waals surface area contributed by atoms with Gasteiger partial charge in [-0.15, -0.1) is 0 Å². The van der Waals surface area contributed by atoms with Crippen LogP contribution in [0.25, 0.3) is 0 Å². The van der Waals surface area contributed by atoms with E-state index < -0.39 is 12.1 Å². The Morgan fingerprint density at radius 3 is 0.971 bits per heavy atom. The molecule has 6 heteroatoms. The van der Waals surface area contributed by atoms with E-state index in [0.717, 1.165) is 38.5 Å². The molecule has 0 aromatic heterocycles. The van der Waals surface area contributed by atoms with E-state index >= 15 is 0 Å².